The topological polar surface area (TPSA) is 64.7 Å². The highest BCUT2D eigenvalue weighted by Gasteiger charge is 2.14. The Morgan fingerprint density at radius 2 is 2.19 bits per heavy atom. The Labute approximate surface area is 138 Å². The molecule has 0 aliphatic heterocycles. The van der Waals surface area contributed by atoms with Crippen LogP contribution in [0, 0.1) is 5.92 Å². The van der Waals surface area contributed by atoms with Crippen molar-refractivity contribution >= 4 is 46.2 Å². The largest absolute Gasteiger partial charge is 0.410 e. The molecule has 0 saturated carbocycles. The second-order valence-electron chi connectivity index (χ2n) is 4.65. The maximum Gasteiger partial charge on any atom is 0.284 e. The van der Waals surface area contributed by atoms with Crippen molar-refractivity contribution in [2.24, 2.45) is 5.92 Å². The molecular formula is C12H11ClN4OS3. The smallest absolute Gasteiger partial charge is 0.284 e. The Morgan fingerprint density at radius 1 is 1.33 bits per heavy atom. The van der Waals surface area contributed by atoms with Gasteiger partial charge in [0.25, 0.3) is 11.1 Å². The molecule has 5 nitrogen and oxygen atoms in total. The molecule has 3 aromatic rings. The Balaban J connectivity index is 1.71. The van der Waals surface area contributed by atoms with Gasteiger partial charge < -0.3 is 4.42 Å². The van der Waals surface area contributed by atoms with E-state index in [2.05, 4.69) is 33.4 Å². The van der Waals surface area contributed by atoms with Crippen LogP contribution in [0.4, 0.5) is 0 Å². The van der Waals surface area contributed by atoms with Crippen LogP contribution in [0.25, 0.3) is 10.8 Å². The van der Waals surface area contributed by atoms with E-state index in [4.69, 9.17) is 16.0 Å². The zero-order valence-corrected chi connectivity index (χ0v) is 14.4. The third kappa shape index (κ3) is 3.82. The molecular weight excluding hydrogens is 348 g/mol. The molecule has 0 aliphatic rings. The van der Waals surface area contributed by atoms with E-state index in [0.717, 1.165) is 21.5 Å². The van der Waals surface area contributed by atoms with Crippen LogP contribution in [0.2, 0.25) is 4.34 Å². The second kappa shape index (κ2) is 6.43. The van der Waals surface area contributed by atoms with Gasteiger partial charge in [-0.1, -0.05) is 25.4 Å². The van der Waals surface area contributed by atoms with E-state index in [9.17, 15) is 0 Å². The van der Waals surface area contributed by atoms with Crippen LogP contribution in [0.3, 0.4) is 0 Å². The minimum atomic E-state index is 0.460. The molecule has 21 heavy (non-hydrogen) atoms. The zero-order chi connectivity index (χ0) is 14.8. The first-order valence-electron chi connectivity index (χ1n) is 6.20. The van der Waals surface area contributed by atoms with Crippen LogP contribution in [0.5, 0.6) is 0 Å². The lowest BCUT2D eigenvalue weighted by molar-refractivity contribution is 0.467. The molecule has 0 spiro atoms. The van der Waals surface area contributed by atoms with Gasteiger partial charge in [0.15, 0.2) is 4.34 Å². The molecule has 0 fully saturated rings. The average molecular weight is 359 g/mol. The van der Waals surface area contributed by atoms with Gasteiger partial charge in [-0.3, -0.25) is 0 Å². The van der Waals surface area contributed by atoms with Gasteiger partial charge in [-0.2, -0.15) is 4.37 Å². The van der Waals surface area contributed by atoms with Gasteiger partial charge in [0.05, 0.1) is 9.21 Å². The maximum absolute atomic E-state index is 5.90. The molecule has 3 rings (SSSR count). The lowest BCUT2D eigenvalue weighted by Crippen LogP contribution is -1.95. The zero-order valence-electron chi connectivity index (χ0n) is 11.2. The molecule has 0 aromatic carbocycles. The van der Waals surface area contributed by atoms with Gasteiger partial charge in [0, 0.05) is 18.2 Å². The van der Waals surface area contributed by atoms with Crippen molar-refractivity contribution in [2.45, 2.75) is 29.8 Å². The third-order valence-electron chi connectivity index (χ3n) is 2.41. The molecule has 3 aromatic heterocycles. The molecule has 0 radical (unpaired) electrons. The fraction of sp³-hybridized carbons (Fsp3) is 0.333. The maximum atomic E-state index is 5.90. The number of halogens is 1. The summed E-state index contributed by atoms with van der Waals surface area (Å²) in [4.78, 5) is 5.31. The summed E-state index contributed by atoms with van der Waals surface area (Å²) in [6.45, 7) is 4.29. The van der Waals surface area contributed by atoms with Crippen LogP contribution in [0.1, 0.15) is 19.7 Å². The van der Waals surface area contributed by atoms with E-state index < -0.39 is 0 Å². The van der Waals surface area contributed by atoms with Crippen LogP contribution in [-0.2, 0) is 6.42 Å². The molecule has 0 unspecified atom stereocenters. The van der Waals surface area contributed by atoms with Gasteiger partial charge in [0.1, 0.15) is 5.82 Å². The average Bonchev–Trinajstić information content (AvgIpc) is 3.11. The molecule has 0 N–H and O–H groups in total. The van der Waals surface area contributed by atoms with E-state index in [-0.39, 0.29) is 0 Å². The lowest BCUT2D eigenvalue weighted by Gasteiger charge is -1.96. The van der Waals surface area contributed by atoms with Crippen molar-refractivity contribution in [2.75, 3.05) is 0 Å². The number of aromatic nitrogens is 4. The number of nitrogens with zero attached hydrogens (tertiary/aromatic N) is 4. The summed E-state index contributed by atoms with van der Waals surface area (Å²) < 4.78 is 11.4. The molecule has 3 heterocycles. The van der Waals surface area contributed by atoms with E-state index in [1.165, 1.54) is 34.6 Å². The van der Waals surface area contributed by atoms with Crippen molar-refractivity contribution in [3.8, 4) is 10.8 Å². The van der Waals surface area contributed by atoms with Gasteiger partial charge >= 0.3 is 0 Å². The van der Waals surface area contributed by atoms with Gasteiger partial charge in [-0.25, -0.2) is 4.98 Å². The van der Waals surface area contributed by atoms with E-state index >= 15 is 0 Å². The normalized spacial score (nSPS) is 11.4. The van der Waals surface area contributed by atoms with Crippen LogP contribution in [0.15, 0.2) is 26.1 Å². The summed E-state index contributed by atoms with van der Waals surface area (Å²) in [7, 11) is 0. The predicted molar refractivity (Wildman–Crippen MR) is 85.2 cm³/mol. The highest BCUT2D eigenvalue weighted by molar-refractivity contribution is 8.00. The van der Waals surface area contributed by atoms with E-state index in [0.29, 0.717) is 21.4 Å². The van der Waals surface area contributed by atoms with Crippen molar-refractivity contribution in [1.29, 1.82) is 0 Å². The van der Waals surface area contributed by atoms with Gasteiger partial charge in [0.2, 0.25) is 0 Å². The standard InChI is InChI=1S/C12H11ClN4OS3/c1-6(2)5-9-14-12(21-17-9)20-11-16-15-10(18-11)7-3-4-8(13)19-7/h3-4,6H,5H2,1-2H3. The highest BCUT2D eigenvalue weighted by atomic mass is 35.5. The summed E-state index contributed by atoms with van der Waals surface area (Å²) in [6, 6.07) is 3.67. The van der Waals surface area contributed by atoms with E-state index in [1.54, 1.807) is 0 Å². The molecule has 0 amide bonds. The SMILES string of the molecule is CC(C)Cc1nsc(Sc2nnc(-c3ccc(Cl)s3)o2)n1. The summed E-state index contributed by atoms with van der Waals surface area (Å²) in [5.74, 6) is 1.87. The molecule has 9 heteroatoms. The Bertz CT molecular complexity index is 736. The summed E-state index contributed by atoms with van der Waals surface area (Å²) in [5.41, 5.74) is 0. The molecule has 0 aliphatic carbocycles. The number of thiophene rings is 1. The van der Waals surface area contributed by atoms with Crippen LogP contribution < -0.4 is 0 Å². The Kier molecular flexibility index (Phi) is 4.58. The van der Waals surface area contributed by atoms with Gasteiger partial charge in [-0.15, -0.1) is 21.5 Å². The first kappa shape index (κ1) is 15.0. The Morgan fingerprint density at radius 3 is 2.90 bits per heavy atom. The van der Waals surface area contributed by atoms with Crippen molar-refractivity contribution in [3.63, 3.8) is 0 Å². The fourth-order valence-corrected chi connectivity index (χ4v) is 3.97. The number of rotatable bonds is 5. The lowest BCUT2D eigenvalue weighted by atomic mass is 10.1. The first-order chi connectivity index (χ1) is 10.1. The van der Waals surface area contributed by atoms with Crippen molar-refractivity contribution in [1.82, 2.24) is 19.6 Å². The van der Waals surface area contributed by atoms with Gasteiger partial charge in [-0.05, 0) is 29.6 Å². The fourth-order valence-electron chi connectivity index (χ4n) is 1.58. The first-order valence-corrected chi connectivity index (χ1v) is 8.98. The minimum Gasteiger partial charge on any atom is -0.410 e. The molecule has 0 saturated heterocycles. The van der Waals surface area contributed by atoms with Crippen LogP contribution in [-0.4, -0.2) is 19.6 Å². The van der Waals surface area contributed by atoms with E-state index in [1.807, 2.05) is 12.1 Å². The summed E-state index contributed by atoms with van der Waals surface area (Å²) in [6.07, 6.45) is 0.875. The molecule has 0 bridgehead atoms. The number of hydrogen-bond donors (Lipinski definition) is 0. The van der Waals surface area contributed by atoms with Crippen molar-refractivity contribution < 1.29 is 4.42 Å². The summed E-state index contributed by atoms with van der Waals surface area (Å²) in [5, 5.41) is 8.50. The monoisotopic (exact) mass is 358 g/mol. The molecule has 0 atom stereocenters. The second-order valence-corrected chi connectivity index (χ2v) is 8.32. The summed E-state index contributed by atoms with van der Waals surface area (Å²) >= 11 is 9.99. The quantitative estimate of drug-likeness (QED) is 0.661. The Hall–Kier alpha value is -0.960. The third-order valence-corrected chi connectivity index (χ3v) is 5.25. The van der Waals surface area contributed by atoms with Crippen LogP contribution >= 0.6 is 46.2 Å². The minimum absolute atomic E-state index is 0.460. The number of hydrogen-bond acceptors (Lipinski definition) is 8. The highest BCUT2D eigenvalue weighted by Crippen LogP contribution is 2.34. The molecule has 110 valence electrons. The van der Waals surface area contributed by atoms with Crippen molar-refractivity contribution in [3.05, 3.63) is 22.3 Å². The predicted octanol–water partition coefficient (Wildman–Crippen LogP) is 4.65.